The Balaban J connectivity index is 0.00000242. The molecule has 1 heterocycles. The van der Waals surface area contributed by atoms with Gasteiger partial charge in [-0.05, 0) is 30.0 Å². The van der Waals surface area contributed by atoms with Crippen LogP contribution in [-0.4, -0.2) is 10.2 Å². The largest absolute Gasteiger partial charge is 0.414 e. The summed E-state index contributed by atoms with van der Waals surface area (Å²) in [5, 5.41) is 9.73. The molecule has 1 aromatic carbocycles. The molecule has 2 N–H and O–H groups in total. The van der Waals surface area contributed by atoms with E-state index in [0.717, 1.165) is 12.0 Å². The maximum Gasteiger partial charge on any atom is 0.276 e. The van der Waals surface area contributed by atoms with Gasteiger partial charge in [0.2, 0.25) is 5.89 Å². The lowest BCUT2D eigenvalue weighted by molar-refractivity contribution is 0.361. The van der Waals surface area contributed by atoms with Crippen LogP contribution in [0.1, 0.15) is 37.8 Å². The Morgan fingerprint density at radius 1 is 1.23 bits per heavy atom. The predicted molar refractivity (Wildman–Crippen MR) is 94.0 cm³/mol. The van der Waals surface area contributed by atoms with E-state index in [-0.39, 0.29) is 18.4 Å². The summed E-state index contributed by atoms with van der Waals surface area (Å²) in [5.74, 6) is 1.51. The number of nitrogens with two attached hydrogens (primary N) is 1. The van der Waals surface area contributed by atoms with E-state index >= 15 is 0 Å². The van der Waals surface area contributed by atoms with E-state index in [1.807, 2.05) is 6.07 Å². The molecule has 0 unspecified atom stereocenters. The van der Waals surface area contributed by atoms with Crippen LogP contribution in [0.4, 0.5) is 0 Å². The fourth-order valence-corrected chi connectivity index (χ4v) is 3.35. The molecule has 122 valence electrons. The van der Waals surface area contributed by atoms with Crippen LogP contribution in [0.25, 0.3) is 0 Å². The number of rotatable bonds is 6. The Morgan fingerprint density at radius 2 is 1.86 bits per heavy atom. The van der Waals surface area contributed by atoms with Crippen molar-refractivity contribution in [3.63, 3.8) is 0 Å². The molecule has 0 fully saturated rings. The van der Waals surface area contributed by atoms with Gasteiger partial charge in [-0.3, -0.25) is 0 Å². The highest BCUT2D eigenvalue weighted by Crippen LogP contribution is 2.31. The number of hydrogen-bond acceptors (Lipinski definition) is 5. The van der Waals surface area contributed by atoms with Gasteiger partial charge in [0.25, 0.3) is 5.22 Å². The lowest BCUT2D eigenvalue weighted by atomic mass is 10.1. The number of thioether (sulfide) groups is 1. The Hall–Kier alpha value is -0.460. The minimum atomic E-state index is -0.226. The zero-order chi connectivity index (χ0) is 15.4. The van der Waals surface area contributed by atoms with E-state index < -0.39 is 0 Å². The van der Waals surface area contributed by atoms with E-state index in [0.29, 0.717) is 32.8 Å². The Labute approximate surface area is 150 Å². The van der Waals surface area contributed by atoms with Crippen LogP contribution in [0.3, 0.4) is 0 Å². The summed E-state index contributed by atoms with van der Waals surface area (Å²) in [6.07, 6.45) is 0.808. The minimum absolute atomic E-state index is 0. The van der Waals surface area contributed by atoms with Crippen LogP contribution < -0.4 is 5.73 Å². The highest BCUT2D eigenvalue weighted by molar-refractivity contribution is 7.98. The molecule has 0 aliphatic carbocycles. The topological polar surface area (TPSA) is 64.9 Å². The number of hydrogen-bond donors (Lipinski definition) is 1. The fraction of sp³-hybridized carbons (Fsp3) is 0.429. The molecule has 0 radical (unpaired) electrons. The Bertz CT molecular complexity index is 587. The van der Waals surface area contributed by atoms with Crippen molar-refractivity contribution < 1.29 is 4.42 Å². The van der Waals surface area contributed by atoms with Crippen molar-refractivity contribution in [3.05, 3.63) is 39.7 Å². The lowest BCUT2D eigenvalue weighted by Gasteiger charge is -2.08. The van der Waals surface area contributed by atoms with Crippen LogP contribution in [0.5, 0.6) is 0 Å². The van der Waals surface area contributed by atoms with E-state index in [2.05, 4.69) is 24.0 Å². The first-order chi connectivity index (χ1) is 9.97. The molecule has 0 saturated carbocycles. The molecular formula is C14H18Cl3N3OS. The van der Waals surface area contributed by atoms with Gasteiger partial charge in [0, 0.05) is 15.8 Å². The van der Waals surface area contributed by atoms with Crippen LogP contribution >= 0.6 is 47.4 Å². The second-order valence-corrected chi connectivity index (χ2v) is 6.87. The molecule has 2 aromatic rings. The Kier molecular flexibility index (Phi) is 8.00. The molecule has 1 aromatic heterocycles. The van der Waals surface area contributed by atoms with Crippen molar-refractivity contribution in [1.82, 2.24) is 10.2 Å². The van der Waals surface area contributed by atoms with Crippen LogP contribution in [0, 0.1) is 5.92 Å². The molecule has 0 amide bonds. The molecule has 2 rings (SSSR count). The van der Waals surface area contributed by atoms with Gasteiger partial charge in [-0.25, -0.2) is 0 Å². The average molecular weight is 383 g/mol. The fourth-order valence-electron chi connectivity index (χ4n) is 1.84. The van der Waals surface area contributed by atoms with Crippen molar-refractivity contribution in [1.29, 1.82) is 0 Å². The number of halogens is 3. The normalized spacial score (nSPS) is 12.3. The lowest BCUT2D eigenvalue weighted by Crippen LogP contribution is -2.13. The second kappa shape index (κ2) is 8.99. The first-order valence-corrected chi connectivity index (χ1v) is 8.36. The van der Waals surface area contributed by atoms with Gasteiger partial charge in [-0.15, -0.1) is 22.6 Å². The molecule has 0 spiro atoms. The summed E-state index contributed by atoms with van der Waals surface area (Å²) in [4.78, 5) is 0. The number of benzene rings is 1. The summed E-state index contributed by atoms with van der Waals surface area (Å²) < 4.78 is 5.58. The van der Waals surface area contributed by atoms with Crippen molar-refractivity contribution in [2.24, 2.45) is 11.7 Å². The van der Waals surface area contributed by atoms with E-state index in [4.69, 9.17) is 33.4 Å². The zero-order valence-corrected chi connectivity index (χ0v) is 15.4. The molecule has 0 saturated heterocycles. The predicted octanol–water partition coefficient (Wildman–Crippen LogP) is 5.14. The summed E-state index contributed by atoms with van der Waals surface area (Å²) >= 11 is 13.6. The van der Waals surface area contributed by atoms with E-state index in [1.54, 1.807) is 12.1 Å². The number of aromatic nitrogens is 2. The summed E-state index contributed by atoms with van der Waals surface area (Å²) in [6, 6.07) is 5.20. The molecule has 8 heteroatoms. The maximum atomic E-state index is 6.12. The molecular weight excluding hydrogens is 365 g/mol. The van der Waals surface area contributed by atoms with Gasteiger partial charge in [-0.1, -0.05) is 54.9 Å². The van der Waals surface area contributed by atoms with Crippen molar-refractivity contribution in [2.45, 2.75) is 37.3 Å². The van der Waals surface area contributed by atoms with E-state index in [1.165, 1.54) is 11.8 Å². The van der Waals surface area contributed by atoms with Gasteiger partial charge in [0.15, 0.2) is 0 Å². The van der Waals surface area contributed by atoms with Gasteiger partial charge in [0.1, 0.15) is 0 Å². The third kappa shape index (κ3) is 5.32. The molecule has 1 atom stereocenters. The van der Waals surface area contributed by atoms with Crippen LogP contribution in [-0.2, 0) is 5.75 Å². The summed E-state index contributed by atoms with van der Waals surface area (Å²) in [6.45, 7) is 4.20. The molecule has 0 aliphatic heterocycles. The standard InChI is InChI=1S/C14H17Cl2N3OS.ClH/c1-8(2)6-12(17)13-18-19-14(20-13)21-7-9-10(15)4-3-5-11(9)16;/h3-5,8,12H,6-7,17H2,1-2H3;1H/t12-;/m1./s1. The maximum absolute atomic E-state index is 6.12. The van der Waals surface area contributed by atoms with Gasteiger partial charge >= 0.3 is 0 Å². The third-order valence-corrected chi connectivity index (χ3v) is 4.42. The van der Waals surface area contributed by atoms with Crippen molar-refractivity contribution in [2.75, 3.05) is 0 Å². The second-order valence-electron chi connectivity index (χ2n) is 5.13. The molecule has 22 heavy (non-hydrogen) atoms. The van der Waals surface area contributed by atoms with E-state index in [9.17, 15) is 0 Å². The first kappa shape index (κ1) is 19.6. The monoisotopic (exact) mass is 381 g/mol. The summed E-state index contributed by atoms with van der Waals surface area (Å²) in [5.41, 5.74) is 6.88. The van der Waals surface area contributed by atoms with Crippen LogP contribution in [0.15, 0.2) is 27.8 Å². The minimum Gasteiger partial charge on any atom is -0.414 e. The van der Waals surface area contributed by atoms with Crippen molar-refractivity contribution in [3.8, 4) is 0 Å². The van der Waals surface area contributed by atoms with Crippen molar-refractivity contribution >= 4 is 47.4 Å². The quantitative estimate of drug-likeness (QED) is 0.701. The third-order valence-electron chi connectivity index (χ3n) is 2.87. The first-order valence-electron chi connectivity index (χ1n) is 6.62. The van der Waals surface area contributed by atoms with Gasteiger partial charge in [0.05, 0.1) is 6.04 Å². The molecule has 0 bridgehead atoms. The van der Waals surface area contributed by atoms with Gasteiger partial charge < -0.3 is 10.2 Å². The SMILES string of the molecule is CC(C)C[C@@H](N)c1nnc(SCc2c(Cl)cccc2Cl)o1.Cl. The van der Waals surface area contributed by atoms with Crippen LogP contribution in [0.2, 0.25) is 10.0 Å². The molecule has 0 aliphatic rings. The number of nitrogens with zero attached hydrogens (tertiary/aromatic N) is 2. The highest BCUT2D eigenvalue weighted by atomic mass is 35.5. The Morgan fingerprint density at radius 3 is 2.45 bits per heavy atom. The highest BCUT2D eigenvalue weighted by Gasteiger charge is 2.16. The average Bonchev–Trinajstić information content (AvgIpc) is 2.86. The summed E-state index contributed by atoms with van der Waals surface area (Å²) in [7, 11) is 0. The smallest absolute Gasteiger partial charge is 0.276 e. The molecule has 4 nitrogen and oxygen atoms in total. The van der Waals surface area contributed by atoms with Gasteiger partial charge in [-0.2, -0.15) is 0 Å². The zero-order valence-electron chi connectivity index (χ0n) is 12.3.